The van der Waals surface area contributed by atoms with Gasteiger partial charge in [-0.1, -0.05) is 19.3 Å². The summed E-state index contributed by atoms with van der Waals surface area (Å²) < 4.78 is 10.6. The molecule has 1 amide bonds. The van der Waals surface area contributed by atoms with Crippen LogP contribution in [0.4, 0.5) is 5.69 Å². The highest BCUT2D eigenvalue weighted by molar-refractivity contribution is 5.92. The zero-order chi connectivity index (χ0) is 15.6. The van der Waals surface area contributed by atoms with Crippen molar-refractivity contribution in [3.63, 3.8) is 0 Å². The molecule has 1 aromatic carbocycles. The van der Waals surface area contributed by atoms with Crippen LogP contribution in [0.25, 0.3) is 0 Å². The van der Waals surface area contributed by atoms with Crippen molar-refractivity contribution in [2.75, 3.05) is 31.7 Å². The van der Waals surface area contributed by atoms with Crippen molar-refractivity contribution < 1.29 is 14.3 Å². The van der Waals surface area contributed by atoms with Gasteiger partial charge in [-0.2, -0.15) is 0 Å². The quantitative estimate of drug-likeness (QED) is 0.931. The Bertz CT molecular complexity index is 590. The Balaban J connectivity index is 1.31. The Morgan fingerprint density at radius 3 is 2.87 bits per heavy atom. The smallest absolute Gasteiger partial charge is 0.238 e. The number of carbonyl (C=O) groups excluding carboxylic acids is 1. The number of ether oxygens (including phenoxy) is 2. The summed E-state index contributed by atoms with van der Waals surface area (Å²) in [7, 11) is 0. The normalized spacial score (nSPS) is 26.6. The molecule has 0 spiro atoms. The largest absolute Gasteiger partial charge is 0.454 e. The highest BCUT2D eigenvalue weighted by Gasteiger charge is 2.31. The average Bonchev–Trinajstić information content (AvgIpc) is 3.02. The number of nitrogens with one attached hydrogen (secondary N) is 1. The lowest BCUT2D eigenvalue weighted by Gasteiger charge is -2.41. The lowest BCUT2D eigenvalue weighted by molar-refractivity contribution is -0.118. The first-order valence-corrected chi connectivity index (χ1v) is 8.70. The van der Waals surface area contributed by atoms with Crippen LogP contribution in [0.5, 0.6) is 11.5 Å². The maximum Gasteiger partial charge on any atom is 0.238 e. The van der Waals surface area contributed by atoms with Gasteiger partial charge in [0.2, 0.25) is 12.7 Å². The summed E-state index contributed by atoms with van der Waals surface area (Å²) in [6.45, 7) is 2.87. The topological polar surface area (TPSA) is 50.8 Å². The molecule has 1 aliphatic carbocycles. The zero-order valence-corrected chi connectivity index (χ0v) is 13.4. The van der Waals surface area contributed by atoms with Crippen molar-refractivity contribution in [1.82, 2.24) is 4.90 Å². The summed E-state index contributed by atoms with van der Waals surface area (Å²) >= 11 is 0. The molecule has 2 atom stereocenters. The number of anilines is 1. The molecule has 3 aliphatic rings. The first-order chi connectivity index (χ1) is 11.3. The second-order valence-electron chi connectivity index (χ2n) is 6.94. The Morgan fingerprint density at radius 2 is 1.96 bits per heavy atom. The molecule has 124 valence electrons. The van der Waals surface area contributed by atoms with E-state index in [2.05, 4.69) is 10.2 Å². The fourth-order valence-corrected chi connectivity index (χ4v) is 4.20. The van der Waals surface area contributed by atoms with Crippen molar-refractivity contribution in [3.8, 4) is 11.5 Å². The number of nitrogens with zero attached hydrogens (tertiary/aromatic N) is 1. The lowest BCUT2D eigenvalue weighted by atomic mass is 9.75. The molecule has 1 N–H and O–H groups in total. The molecule has 4 rings (SSSR count). The third-order valence-corrected chi connectivity index (χ3v) is 5.40. The van der Waals surface area contributed by atoms with Crippen molar-refractivity contribution in [2.45, 2.75) is 32.1 Å². The van der Waals surface area contributed by atoms with Crippen LogP contribution in [-0.4, -0.2) is 37.2 Å². The SMILES string of the molecule is O=C(CN1CC[C@@H]2CCCC[C@@H]2C1)Nc1ccc2c(c1)OCO2. The number of hydrogen-bond donors (Lipinski definition) is 1. The third-order valence-electron chi connectivity index (χ3n) is 5.40. The minimum absolute atomic E-state index is 0.0538. The van der Waals surface area contributed by atoms with Crippen LogP contribution in [0.15, 0.2) is 18.2 Å². The Morgan fingerprint density at radius 1 is 1.13 bits per heavy atom. The maximum absolute atomic E-state index is 12.3. The summed E-state index contributed by atoms with van der Waals surface area (Å²) in [5.74, 6) is 3.19. The number of piperidine rings is 1. The van der Waals surface area contributed by atoms with E-state index in [4.69, 9.17) is 9.47 Å². The van der Waals surface area contributed by atoms with Crippen LogP contribution < -0.4 is 14.8 Å². The third kappa shape index (κ3) is 3.29. The molecule has 5 nitrogen and oxygen atoms in total. The van der Waals surface area contributed by atoms with E-state index in [-0.39, 0.29) is 12.7 Å². The number of carbonyl (C=O) groups is 1. The number of benzene rings is 1. The second-order valence-corrected chi connectivity index (χ2v) is 6.94. The maximum atomic E-state index is 12.3. The van der Waals surface area contributed by atoms with Crippen LogP contribution in [0, 0.1) is 11.8 Å². The summed E-state index contributed by atoms with van der Waals surface area (Å²) in [5.41, 5.74) is 0.770. The molecule has 1 saturated carbocycles. The van der Waals surface area contributed by atoms with E-state index in [1.54, 1.807) is 0 Å². The van der Waals surface area contributed by atoms with Crippen LogP contribution >= 0.6 is 0 Å². The number of amides is 1. The predicted octanol–water partition coefficient (Wildman–Crippen LogP) is 2.87. The molecular weight excluding hydrogens is 292 g/mol. The highest BCUT2D eigenvalue weighted by Crippen LogP contribution is 2.36. The molecule has 0 radical (unpaired) electrons. The monoisotopic (exact) mass is 316 g/mol. The van der Waals surface area contributed by atoms with Gasteiger partial charge in [0.1, 0.15) is 0 Å². The highest BCUT2D eigenvalue weighted by atomic mass is 16.7. The van der Waals surface area contributed by atoms with Gasteiger partial charge in [-0.3, -0.25) is 9.69 Å². The summed E-state index contributed by atoms with van der Waals surface area (Å²) in [6.07, 6.45) is 6.74. The van der Waals surface area contributed by atoms with Crippen molar-refractivity contribution in [1.29, 1.82) is 0 Å². The molecule has 5 heteroatoms. The van der Waals surface area contributed by atoms with Gasteiger partial charge in [0, 0.05) is 18.3 Å². The number of hydrogen-bond acceptors (Lipinski definition) is 4. The van der Waals surface area contributed by atoms with Crippen molar-refractivity contribution >= 4 is 11.6 Å². The second kappa shape index (κ2) is 6.40. The van der Waals surface area contributed by atoms with Crippen LogP contribution in [0.1, 0.15) is 32.1 Å². The summed E-state index contributed by atoms with van der Waals surface area (Å²) in [5, 5.41) is 2.97. The van der Waals surface area contributed by atoms with E-state index >= 15 is 0 Å². The molecule has 1 saturated heterocycles. The Hall–Kier alpha value is -1.75. The predicted molar refractivity (Wildman–Crippen MR) is 87.7 cm³/mol. The van der Waals surface area contributed by atoms with Gasteiger partial charge in [-0.15, -0.1) is 0 Å². The van der Waals surface area contributed by atoms with Gasteiger partial charge in [-0.05, 0) is 43.4 Å². The van der Waals surface area contributed by atoms with E-state index in [0.717, 1.165) is 36.4 Å². The molecule has 0 unspecified atom stereocenters. The standard InChI is InChI=1S/C18H24N2O3/c21-18(19-15-5-6-16-17(9-15)23-12-22-16)11-20-8-7-13-3-1-2-4-14(13)10-20/h5-6,9,13-14H,1-4,7-8,10-12H2,(H,19,21)/t13-,14+/m0/s1. The van der Waals surface area contributed by atoms with Crippen LogP contribution in [-0.2, 0) is 4.79 Å². The summed E-state index contributed by atoms with van der Waals surface area (Å²) in [4.78, 5) is 14.6. The fourth-order valence-electron chi connectivity index (χ4n) is 4.20. The average molecular weight is 316 g/mol. The number of likely N-dealkylation sites (tertiary alicyclic amines) is 1. The van der Waals surface area contributed by atoms with Crippen LogP contribution in [0.3, 0.4) is 0 Å². The van der Waals surface area contributed by atoms with Gasteiger partial charge in [-0.25, -0.2) is 0 Å². The molecule has 0 bridgehead atoms. The van der Waals surface area contributed by atoms with Gasteiger partial charge < -0.3 is 14.8 Å². The fraction of sp³-hybridized carbons (Fsp3) is 0.611. The van der Waals surface area contributed by atoms with Crippen molar-refractivity contribution in [2.24, 2.45) is 11.8 Å². The van der Waals surface area contributed by atoms with E-state index in [9.17, 15) is 4.79 Å². The molecule has 2 fully saturated rings. The van der Waals surface area contributed by atoms with Gasteiger partial charge in [0.25, 0.3) is 0 Å². The zero-order valence-electron chi connectivity index (χ0n) is 13.4. The van der Waals surface area contributed by atoms with Gasteiger partial charge >= 0.3 is 0 Å². The van der Waals surface area contributed by atoms with Crippen LogP contribution in [0.2, 0.25) is 0 Å². The first-order valence-electron chi connectivity index (χ1n) is 8.70. The van der Waals surface area contributed by atoms with E-state index in [1.807, 2.05) is 18.2 Å². The van der Waals surface area contributed by atoms with Gasteiger partial charge in [0.05, 0.1) is 6.54 Å². The molecule has 2 heterocycles. The minimum atomic E-state index is 0.0538. The first kappa shape index (κ1) is 14.8. The van der Waals surface area contributed by atoms with Crippen molar-refractivity contribution in [3.05, 3.63) is 18.2 Å². The Labute approximate surface area is 136 Å². The van der Waals surface area contributed by atoms with E-state index in [1.165, 1.54) is 32.1 Å². The summed E-state index contributed by atoms with van der Waals surface area (Å²) in [6, 6.07) is 5.53. The molecule has 0 aromatic heterocycles. The molecular formula is C18H24N2O3. The van der Waals surface area contributed by atoms with E-state index in [0.29, 0.717) is 12.3 Å². The minimum Gasteiger partial charge on any atom is -0.454 e. The molecule has 1 aromatic rings. The number of fused-ring (bicyclic) bond motifs is 2. The number of rotatable bonds is 3. The molecule has 23 heavy (non-hydrogen) atoms. The Kier molecular flexibility index (Phi) is 4.12. The molecule has 2 aliphatic heterocycles. The van der Waals surface area contributed by atoms with Gasteiger partial charge in [0.15, 0.2) is 11.5 Å². The lowest BCUT2D eigenvalue weighted by Crippen LogP contribution is -2.44. The van der Waals surface area contributed by atoms with E-state index < -0.39 is 0 Å².